The first-order valence-electron chi connectivity index (χ1n) is 7.18. The highest BCUT2D eigenvalue weighted by Crippen LogP contribution is 2.52. The Morgan fingerprint density at radius 1 is 1.05 bits per heavy atom. The predicted molar refractivity (Wildman–Crippen MR) is 84.9 cm³/mol. The molecule has 0 radical (unpaired) electrons. The highest BCUT2D eigenvalue weighted by Gasteiger charge is 2.63. The molecule has 0 N–H and O–H groups in total. The van der Waals surface area contributed by atoms with Gasteiger partial charge in [0.25, 0.3) is 0 Å². The Hall–Kier alpha value is -2.33. The number of ether oxygens (including phenoxy) is 2. The van der Waals surface area contributed by atoms with Crippen molar-refractivity contribution in [3.63, 3.8) is 0 Å². The van der Waals surface area contributed by atoms with Crippen LogP contribution < -0.4 is 4.90 Å². The van der Waals surface area contributed by atoms with Gasteiger partial charge in [0.15, 0.2) is 11.7 Å². The minimum Gasteiger partial charge on any atom is -0.467 e. The van der Waals surface area contributed by atoms with Crippen LogP contribution in [0.2, 0.25) is 0 Å². The number of carbonyl (C=O) groups is 1. The molecule has 2 aromatic rings. The zero-order valence-electron chi connectivity index (χ0n) is 12.9. The molecule has 22 heavy (non-hydrogen) atoms. The fourth-order valence-corrected chi connectivity index (χ4v) is 2.77. The van der Waals surface area contributed by atoms with Crippen LogP contribution in [0.25, 0.3) is 0 Å². The van der Waals surface area contributed by atoms with Gasteiger partial charge in [0.05, 0.1) is 7.11 Å². The normalized spacial score (nSPS) is 23.0. The molecule has 2 aromatic carbocycles. The number of hydrogen-bond donors (Lipinski definition) is 0. The van der Waals surface area contributed by atoms with E-state index < -0.39 is 11.7 Å². The van der Waals surface area contributed by atoms with Crippen LogP contribution in [0.4, 0.5) is 5.69 Å². The molecule has 0 aliphatic carbocycles. The topological polar surface area (TPSA) is 42.1 Å². The van der Waals surface area contributed by atoms with Gasteiger partial charge in [-0.15, -0.1) is 0 Å². The highest BCUT2D eigenvalue weighted by atomic mass is 16.7. The lowest BCUT2D eigenvalue weighted by Crippen LogP contribution is -2.21. The van der Waals surface area contributed by atoms with E-state index in [4.69, 9.17) is 9.47 Å². The minimum absolute atomic E-state index is 0.347. The number of anilines is 1. The van der Waals surface area contributed by atoms with Crippen LogP contribution in [0.1, 0.15) is 11.1 Å². The Balaban J connectivity index is 2.03. The molecule has 0 amide bonds. The van der Waals surface area contributed by atoms with Crippen LogP contribution in [0, 0.1) is 0 Å². The Kier molecular flexibility index (Phi) is 3.62. The van der Waals surface area contributed by atoms with Crippen molar-refractivity contribution in [2.24, 2.45) is 0 Å². The summed E-state index contributed by atoms with van der Waals surface area (Å²) in [5.74, 6) is -0.347. The third-order valence-electron chi connectivity index (χ3n) is 4.05. The first kappa shape index (κ1) is 14.6. The molecule has 1 aliphatic rings. The lowest BCUT2D eigenvalue weighted by Gasteiger charge is -2.17. The van der Waals surface area contributed by atoms with Gasteiger partial charge in [-0.25, -0.2) is 4.79 Å². The maximum absolute atomic E-state index is 12.0. The molecule has 0 aromatic heterocycles. The summed E-state index contributed by atoms with van der Waals surface area (Å²) in [7, 11) is 5.37. The summed E-state index contributed by atoms with van der Waals surface area (Å²) < 4.78 is 10.7. The second-order valence-electron chi connectivity index (χ2n) is 5.56. The molecule has 1 aliphatic heterocycles. The second-order valence-corrected chi connectivity index (χ2v) is 5.56. The van der Waals surface area contributed by atoms with Crippen molar-refractivity contribution in [3.05, 3.63) is 65.7 Å². The van der Waals surface area contributed by atoms with Gasteiger partial charge in [0.1, 0.15) is 0 Å². The van der Waals surface area contributed by atoms with Crippen LogP contribution in [0.3, 0.4) is 0 Å². The summed E-state index contributed by atoms with van der Waals surface area (Å²) in [4.78, 5) is 14.0. The number of benzene rings is 2. The Morgan fingerprint density at radius 3 is 2.18 bits per heavy atom. The number of rotatable bonds is 4. The van der Waals surface area contributed by atoms with Gasteiger partial charge in [-0.05, 0) is 23.3 Å². The lowest BCUT2D eigenvalue weighted by molar-refractivity contribution is -0.142. The molecule has 0 bridgehead atoms. The van der Waals surface area contributed by atoms with Crippen LogP contribution >= 0.6 is 0 Å². The van der Waals surface area contributed by atoms with E-state index in [9.17, 15) is 4.79 Å². The molecular formula is C18H19NO3. The molecule has 4 heteroatoms. The van der Waals surface area contributed by atoms with E-state index in [1.54, 1.807) is 0 Å². The Bertz CT molecular complexity index is 666. The van der Waals surface area contributed by atoms with Crippen molar-refractivity contribution in [1.82, 2.24) is 0 Å². The van der Waals surface area contributed by atoms with E-state index in [0.29, 0.717) is 0 Å². The molecule has 2 atom stereocenters. The van der Waals surface area contributed by atoms with Gasteiger partial charge < -0.3 is 14.4 Å². The maximum Gasteiger partial charge on any atom is 0.338 e. The standard InChI is InChI=1S/C18H19NO3/c1-19(2)15-11-9-14(10-12-15)18(13-7-5-4-6-8-13)16(22-18)17(20)21-3/h4-12,16H,1-3H3. The molecular weight excluding hydrogens is 278 g/mol. The quantitative estimate of drug-likeness (QED) is 0.642. The molecule has 0 spiro atoms. The minimum atomic E-state index is -0.737. The molecule has 1 heterocycles. The first-order chi connectivity index (χ1) is 10.6. The van der Waals surface area contributed by atoms with Crippen molar-refractivity contribution in [2.45, 2.75) is 11.7 Å². The fourth-order valence-electron chi connectivity index (χ4n) is 2.77. The monoisotopic (exact) mass is 297 g/mol. The van der Waals surface area contributed by atoms with Gasteiger partial charge in [-0.2, -0.15) is 0 Å². The number of esters is 1. The third-order valence-corrected chi connectivity index (χ3v) is 4.05. The van der Waals surface area contributed by atoms with Gasteiger partial charge >= 0.3 is 5.97 Å². The summed E-state index contributed by atoms with van der Waals surface area (Å²) in [6.07, 6.45) is -0.592. The first-order valence-corrected chi connectivity index (χ1v) is 7.18. The highest BCUT2D eigenvalue weighted by molar-refractivity contribution is 5.81. The smallest absolute Gasteiger partial charge is 0.338 e. The summed E-state index contributed by atoms with van der Waals surface area (Å²) in [5.41, 5.74) is 2.28. The number of methoxy groups -OCH3 is 1. The number of hydrogen-bond acceptors (Lipinski definition) is 4. The molecule has 2 unspecified atom stereocenters. The number of carbonyl (C=O) groups excluding carboxylic acids is 1. The van der Waals surface area contributed by atoms with Gasteiger partial charge in [0, 0.05) is 19.8 Å². The SMILES string of the molecule is COC(=O)C1OC1(c1ccccc1)c1ccc(N(C)C)cc1. The van der Waals surface area contributed by atoms with E-state index in [-0.39, 0.29) is 5.97 Å². The van der Waals surface area contributed by atoms with Crippen molar-refractivity contribution < 1.29 is 14.3 Å². The van der Waals surface area contributed by atoms with Crippen LogP contribution in [-0.2, 0) is 19.9 Å². The predicted octanol–water partition coefficient (Wildman–Crippen LogP) is 2.57. The van der Waals surface area contributed by atoms with Crippen molar-refractivity contribution in [3.8, 4) is 0 Å². The molecule has 0 saturated carbocycles. The molecule has 3 rings (SSSR count). The zero-order valence-corrected chi connectivity index (χ0v) is 12.9. The van der Waals surface area contributed by atoms with E-state index in [1.165, 1.54) is 7.11 Å². The number of nitrogens with zero attached hydrogens (tertiary/aromatic N) is 1. The van der Waals surface area contributed by atoms with E-state index in [1.807, 2.05) is 73.6 Å². The second kappa shape index (κ2) is 5.46. The zero-order chi connectivity index (χ0) is 15.7. The Morgan fingerprint density at radius 2 is 1.64 bits per heavy atom. The molecule has 1 fully saturated rings. The van der Waals surface area contributed by atoms with E-state index >= 15 is 0 Å². The van der Waals surface area contributed by atoms with E-state index in [2.05, 4.69) is 0 Å². The Labute approximate surface area is 130 Å². The molecule has 4 nitrogen and oxygen atoms in total. The van der Waals surface area contributed by atoms with Crippen LogP contribution in [-0.4, -0.2) is 33.3 Å². The van der Waals surface area contributed by atoms with Gasteiger partial charge in [-0.3, -0.25) is 0 Å². The van der Waals surface area contributed by atoms with Crippen LogP contribution in [0.15, 0.2) is 54.6 Å². The number of epoxide rings is 1. The average molecular weight is 297 g/mol. The van der Waals surface area contributed by atoms with Crippen LogP contribution in [0.5, 0.6) is 0 Å². The summed E-state index contributed by atoms with van der Waals surface area (Å²) in [6, 6.07) is 17.8. The fraction of sp³-hybridized carbons (Fsp3) is 0.278. The van der Waals surface area contributed by atoms with Gasteiger partial charge in [0.2, 0.25) is 0 Å². The van der Waals surface area contributed by atoms with Gasteiger partial charge in [-0.1, -0.05) is 42.5 Å². The summed E-state index contributed by atoms with van der Waals surface area (Å²) in [5, 5.41) is 0. The molecule has 114 valence electrons. The van der Waals surface area contributed by atoms with E-state index in [0.717, 1.165) is 16.8 Å². The average Bonchev–Trinajstić information content (AvgIpc) is 3.32. The van der Waals surface area contributed by atoms with Crippen molar-refractivity contribution in [1.29, 1.82) is 0 Å². The summed E-state index contributed by atoms with van der Waals surface area (Å²) >= 11 is 0. The van der Waals surface area contributed by atoms with Crippen molar-refractivity contribution >= 4 is 11.7 Å². The maximum atomic E-state index is 12.0. The largest absolute Gasteiger partial charge is 0.467 e. The lowest BCUT2D eigenvalue weighted by atomic mass is 9.87. The summed E-state index contributed by atoms with van der Waals surface area (Å²) in [6.45, 7) is 0. The van der Waals surface area contributed by atoms with Crippen molar-refractivity contribution in [2.75, 3.05) is 26.1 Å². The third kappa shape index (κ3) is 2.25. The molecule has 1 saturated heterocycles.